The molecule has 1 saturated heterocycles. The Hall–Kier alpha value is -2.35. The molecule has 3 aliphatic rings. The molecular formula is C26H40N4O4. The molecule has 2 amide bonds. The summed E-state index contributed by atoms with van der Waals surface area (Å²) in [6, 6.07) is 3.43. The van der Waals surface area contributed by atoms with Gasteiger partial charge in [-0.1, -0.05) is 6.07 Å². The average molecular weight is 473 g/mol. The van der Waals surface area contributed by atoms with Crippen LogP contribution in [-0.2, 0) is 22.4 Å². The number of likely N-dealkylation sites (tertiary alicyclic amines) is 1. The molecule has 3 atom stereocenters. The molecule has 0 aromatic carbocycles. The average Bonchev–Trinajstić information content (AvgIpc) is 2.78. The molecule has 3 N–H and O–H groups in total. The Morgan fingerprint density at radius 1 is 1.24 bits per heavy atom. The molecule has 3 heterocycles. The number of aliphatic carboxylic acids is 1. The molecule has 188 valence electrons. The first-order chi connectivity index (χ1) is 16.4. The number of nitrogens with zero attached hydrogens (tertiary/aromatic N) is 2. The summed E-state index contributed by atoms with van der Waals surface area (Å²) in [5.41, 5.74) is 2.47. The Bertz CT molecular complexity index is 847. The number of urea groups is 1. The Balaban J connectivity index is 1.14. The van der Waals surface area contributed by atoms with Crippen molar-refractivity contribution in [3.63, 3.8) is 0 Å². The van der Waals surface area contributed by atoms with Crippen molar-refractivity contribution in [3.8, 4) is 0 Å². The van der Waals surface area contributed by atoms with Crippen LogP contribution in [0.25, 0.3) is 0 Å². The number of carboxylic acid groups (broad SMARTS) is 1. The van der Waals surface area contributed by atoms with Crippen LogP contribution < -0.4 is 10.6 Å². The number of hydrogen-bond donors (Lipinski definition) is 3. The van der Waals surface area contributed by atoms with E-state index in [0.29, 0.717) is 12.5 Å². The van der Waals surface area contributed by atoms with Crippen molar-refractivity contribution in [2.24, 2.45) is 5.92 Å². The molecule has 0 spiro atoms. The van der Waals surface area contributed by atoms with E-state index in [2.05, 4.69) is 22.8 Å². The Morgan fingerprint density at radius 2 is 2.00 bits per heavy atom. The molecule has 2 fully saturated rings. The largest absolute Gasteiger partial charge is 0.480 e. The molecule has 1 aliphatic carbocycles. The standard InChI is InChI=1S/C26H40N4O4/c1-17-5-3-6-18(2)30(17)26(33)29-23(25(31)32)12-14-34-22-15-19(16-22)8-10-21-11-9-20-7-4-13-27-24(20)28-21/h9,11,17-19,22-23H,3-8,10,12-16H2,1-2H3,(H,27,28)(H,29,33)(H,31,32). The third-order valence-electron chi connectivity index (χ3n) is 7.74. The van der Waals surface area contributed by atoms with Crippen LogP contribution in [0.3, 0.4) is 0 Å². The van der Waals surface area contributed by atoms with Gasteiger partial charge in [-0.25, -0.2) is 14.6 Å². The van der Waals surface area contributed by atoms with Gasteiger partial charge in [0.25, 0.3) is 0 Å². The van der Waals surface area contributed by atoms with Crippen molar-refractivity contribution in [1.29, 1.82) is 0 Å². The smallest absolute Gasteiger partial charge is 0.326 e. The molecule has 34 heavy (non-hydrogen) atoms. The lowest BCUT2D eigenvalue weighted by molar-refractivity contribution is -0.140. The van der Waals surface area contributed by atoms with Crippen LogP contribution in [-0.4, -0.2) is 64.4 Å². The van der Waals surface area contributed by atoms with E-state index in [1.165, 1.54) is 12.0 Å². The summed E-state index contributed by atoms with van der Waals surface area (Å²) in [6.07, 6.45) is 9.88. The maximum atomic E-state index is 12.7. The minimum atomic E-state index is -1.01. The van der Waals surface area contributed by atoms with Crippen molar-refractivity contribution in [2.75, 3.05) is 18.5 Å². The number of fused-ring (bicyclic) bond motifs is 1. The second-order valence-electron chi connectivity index (χ2n) is 10.4. The maximum absolute atomic E-state index is 12.7. The molecular weight excluding hydrogens is 432 g/mol. The van der Waals surface area contributed by atoms with Crippen molar-refractivity contribution < 1.29 is 19.4 Å². The highest BCUT2D eigenvalue weighted by molar-refractivity contribution is 5.83. The number of anilines is 1. The Kier molecular flexibility index (Phi) is 8.29. The van der Waals surface area contributed by atoms with Gasteiger partial charge in [0.1, 0.15) is 11.9 Å². The Morgan fingerprint density at radius 3 is 2.74 bits per heavy atom. The second-order valence-corrected chi connectivity index (χ2v) is 10.4. The van der Waals surface area contributed by atoms with Gasteiger partial charge in [0.2, 0.25) is 0 Å². The van der Waals surface area contributed by atoms with Gasteiger partial charge in [0.05, 0.1) is 6.10 Å². The van der Waals surface area contributed by atoms with Crippen molar-refractivity contribution >= 4 is 17.8 Å². The number of carboxylic acids is 1. The zero-order valence-electron chi connectivity index (χ0n) is 20.6. The van der Waals surface area contributed by atoms with E-state index < -0.39 is 12.0 Å². The minimum Gasteiger partial charge on any atom is -0.480 e. The fourth-order valence-corrected chi connectivity index (χ4v) is 5.56. The molecule has 2 aliphatic heterocycles. The van der Waals surface area contributed by atoms with E-state index in [4.69, 9.17) is 9.72 Å². The third-order valence-corrected chi connectivity index (χ3v) is 7.74. The molecule has 1 aromatic rings. The fourth-order valence-electron chi connectivity index (χ4n) is 5.56. The number of nitrogens with one attached hydrogen (secondary N) is 2. The van der Waals surface area contributed by atoms with Crippen LogP contribution in [0.4, 0.5) is 10.6 Å². The Labute approximate surface area is 202 Å². The second kappa shape index (κ2) is 11.4. The summed E-state index contributed by atoms with van der Waals surface area (Å²) >= 11 is 0. The van der Waals surface area contributed by atoms with Gasteiger partial charge in [0, 0.05) is 37.4 Å². The lowest BCUT2D eigenvalue weighted by atomic mass is 9.79. The number of ether oxygens (including phenoxy) is 1. The monoisotopic (exact) mass is 472 g/mol. The van der Waals surface area contributed by atoms with Crippen LogP contribution >= 0.6 is 0 Å². The first-order valence-corrected chi connectivity index (χ1v) is 13.1. The number of rotatable bonds is 9. The number of carbonyl (C=O) groups is 2. The third kappa shape index (κ3) is 6.20. The molecule has 1 aromatic heterocycles. The van der Waals surface area contributed by atoms with Gasteiger partial charge >= 0.3 is 12.0 Å². The van der Waals surface area contributed by atoms with E-state index in [1.807, 2.05) is 13.8 Å². The highest BCUT2D eigenvalue weighted by atomic mass is 16.5. The first-order valence-electron chi connectivity index (χ1n) is 13.1. The summed E-state index contributed by atoms with van der Waals surface area (Å²) in [5, 5.41) is 15.7. The number of aryl methyl sites for hydroxylation is 2. The highest BCUT2D eigenvalue weighted by Crippen LogP contribution is 2.34. The van der Waals surface area contributed by atoms with Gasteiger partial charge in [-0.3, -0.25) is 0 Å². The van der Waals surface area contributed by atoms with E-state index in [9.17, 15) is 14.7 Å². The van der Waals surface area contributed by atoms with Crippen LogP contribution in [0.1, 0.15) is 76.5 Å². The number of carbonyl (C=O) groups excluding carboxylic acids is 1. The van der Waals surface area contributed by atoms with E-state index in [-0.39, 0.29) is 30.6 Å². The van der Waals surface area contributed by atoms with Crippen LogP contribution in [0.15, 0.2) is 12.1 Å². The normalized spacial score (nSPS) is 27.2. The SMILES string of the molecule is CC1CCCC(C)N1C(=O)NC(CCOC1CC(CCc2ccc3c(n2)NCCC3)C1)C(=O)O. The van der Waals surface area contributed by atoms with Crippen LogP contribution in [0.5, 0.6) is 0 Å². The molecule has 8 nitrogen and oxygen atoms in total. The lowest BCUT2D eigenvalue weighted by Crippen LogP contribution is -2.55. The molecule has 8 heteroatoms. The lowest BCUT2D eigenvalue weighted by Gasteiger charge is -2.39. The molecule has 4 rings (SSSR count). The van der Waals surface area contributed by atoms with Gasteiger partial charge in [-0.05, 0) is 89.2 Å². The van der Waals surface area contributed by atoms with Crippen molar-refractivity contribution in [2.45, 2.75) is 102 Å². The summed E-state index contributed by atoms with van der Waals surface area (Å²) in [7, 11) is 0. The van der Waals surface area contributed by atoms with E-state index >= 15 is 0 Å². The predicted octanol–water partition coefficient (Wildman–Crippen LogP) is 3.98. The molecule has 3 unspecified atom stereocenters. The number of pyridine rings is 1. The summed E-state index contributed by atoms with van der Waals surface area (Å²) in [4.78, 5) is 31.0. The summed E-state index contributed by atoms with van der Waals surface area (Å²) in [5.74, 6) is 0.684. The number of amides is 2. The fraction of sp³-hybridized carbons (Fsp3) is 0.731. The van der Waals surface area contributed by atoms with E-state index in [0.717, 1.165) is 69.4 Å². The van der Waals surface area contributed by atoms with Crippen molar-refractivity contribution in [3.05, 3.63) is 23.4 Å². The topological polar surface area (TPSA) is 104 Å². The van der Waals surface area contributed by atoms with Crippen LogP contribution in [0.2, 0.25) is 0 Å². The quantitative estimate of drug-likeness (QED) is 0.502. The zero-order valence-corrected chi connectivity index (χ0v) is 20.6. The van der Waals surface area contributed by atoms with Crippen molar-refractivity contribution in [1.82, 2.24) is 15.2 Å². The minimum absolute atomic E-state index is 0.133. The highest BCUT2D eigenvalue weighted by Gasteiger charge is 2.33. The maximum Gasteiger partial charge on any atom is 0.326 e. The number of hydrogen-bond acceptors (Lipinski definition) is 5. The van der Waals surface area contributed by atoms with Crippen LogP contribution in [0, 0.1) is 5.92 Å². The van der Waals surface area contributed by atoms with Gasteiger partial charge in [-0.2, -0.15) is 0 Å². The zero-order chi connectivity index (χ0) is 24.1. The number of aromatic nitrogens is 1. The van der Waals surface area contributed by atoms with E-state index in [1.54, 1.807) is 4.90 Å². The predicted molar refractivity (Wildman–Crippen MR) is 131 cm³/mol. The van der Waals surface area contributed by atoms with Gasteiger partial charge in [-0.15, -0.1) is 0 Å². The molecule has 0 bridgehead atoms. The summed E-state index contributed by atoms with van der Waals surface area (Å²) < 4.78 is 5.93. The molecule has 0 radical (unpaired) electrons. The first kappa shape index (κ1) is 24.8. The number of piperidine rings is 1. The van der Waals surface area contributed by atoms with Gasteiger partial charge < -0.3 is 25.4 Å². The summed E-state index contributed by atoms with van der Waals surface area (Å²) in [6.45, 7) is 5.41. The molecule has 1 saturated carbocycles. The van der Waals surface area contributed by atoms with Gasteiger partial charge in [0.15, 0.2) is 0 Å².